The summed E-state index contributed by atoms with van der Waals surface area (Å²) in [7, 11) is 1.50. The Kier molecular flexibility index (Phi) is 2.82. The number of fused-ring (bicyclic) bond motifs is 2. The van der Waals surface area contributed by atoms with E-state index in [-0.39, 0.29) is 17.3 Å². The summed E-state index contributed by atoms with van der Waals surface area (Å²) in [5.41, 5.74) is 5.78. The minimum absolute atomic E-state index is 0.0596. The third-order valence-electron chi connectivity index (χ3n) is 6.60. The topological polar surface area (TPSA) is 41.6 Å². The molecule has 3 heterocycles. The van der Waals surface area contributed by atoms with Gasteiger partial charge in [-0.05, 0) is 31.4 Å². The molecule has 4 nitrogen and oxygen atoms in total. The van der Waals surface area contributed by atoms with Crippen LogP contribution >= 0.6 is 0 Å². The highest BCUT2D eigenvalue weighted by Crippen LogP contribution is 2.61. The molecule has 2 saturated heterocycles. The largest absolute Gasteiger partial charge is 0.466 e. The van der Waals surface area contributed by atoms with Crippen LogP contribution in [0.1, 0.15) is 25.3 Å². The zero-order valence-corrected chi connectivity index (χ0v) is 14.1. The third kappa shape index (κ3) is 1.50. The molecule has 0 amide bonds. The van der Waals surface area contributed by atoms with Gasteiger partial charge in [0.05, 0.1) is 18.1 Å². The Labute approximate surface area is 142 Å². The highest BCUT2D eigenvalue weighted by Gasteiger charge is 2.62. The summed E-state index contributed by atoms with van der Waals surface area (Å²) in [4.78, 5) is 15.3. The van der Waals surface area contributed by atoms with Crippen molar-refractivity contribution in [3.05, 3.63) is 52.7 Å². The molecule has 124 valence electrons. The Bertz CT molecular complexity index is 810. The number of rotatable bonds is 1. The van der Waals surface area contributed by atoms with Crippen molar-refractivity contribution < 1.29 is 9.53 Å². The molecule has 5 rings (SSSR count). The van der Waals surface area contributed by atoms with Crippen LogP contribution < -0.4 is 5.32 Å². The van der Waals surface area contributed by atoms with Crippen molar-refractivity contribution in [3.8, 4) is 0 Å². The van der Waals surface area contributed by atoms with Gasteiger partial charge >= 0.3 is 5.97 Å². The SMILES string of the molecule is C/C=C1/CN2CC[C@]34C(=C(C(=O)OC)[C@@H]1C[C@H]23)Nc1ccccc14. The van der Waals surface area contributed by atoms with Gasteiger partial charge < -0.3 is 10.1 Å². The van der Waals surface area contributed by atoms with E-state index in [1.807, 2.05) is 0 Å². The lowest BCUT2D eigenvalue weighted by Gasteiger charge is -2.48. The quantitative estimate of drug-likeness (QED) is 0.638. The molecule has 3 atom stereocenters. The predicted octanol–water partition coefficient (Wildman–Crippen LogP) is 2.83. The highest BCUT2D eigenvalue weighted by atomic mass is 16.5. The summed E-state index contributed by atoms with van der Waals surface area (Å²) < 4.78 is 5.21. The van der Waals surface area contributed by atoms with Crippen LogP contribution in [-0.4, -0.2) is 37.1 Å². The molecular formula is C20H22N2O2. The van der Waals surface area contributed by atoms with Gasteiger partial charge in [-0.2, -0.15) is 0 Å². The molecule has 0 aromatic heterocycles. The van der Waals surface area contributed by atoms with Gasteiger partial charge in [0.2, 0.25) is 0 Å². The number of hydrogen-bond acceptors (Lipinski definition) is 4. The summed E-state index contributed by atoms with van der Waals surface area (Å²) in [6.07, 6.45) is 4.28. The van der Waals surface area contributed by atoms with Crippen LogP contribution in [0.3, 0.4) is 0 Å². The van der Waals surface area contributed by atoms with E-state index in [1.165, 1.54) is 18.2 Å². The normalized spacial score (nSPS) is 34.8. The lowest BCUT2D eigenvalue weighted by Crippen LogP contribution is -2.53. The standard InChI is InChI=1S/C20H22N2O2/c1-3-12-11-22-9-8-20-14-6-4-5-7-15(14)21-18(20)17(19(23)24-2)13(12)10-16(20)22/h3-7,13,16,21H,8-11H2,1-2H3/b12-3-/t13-,16+,20-/m1/s1. The first-order chi connectivity index (χ1) is 11.7. The van der Waals surface area contributed by atoms with Crippen LogP contribution in [0, 0.1) is 5.92 Å². The van der Waals surface area contributed by atoms with Gasteiger partial charge in [-0.1, -0.05) is 29.8 Å². The van der Waals surface area contributed by atoms with Gasteiger partial charge in [-0.3, -0.25) is 4.90 Å². The first kappa shape index (κ1) is 14.3. The van der Waals surface area contributed by atoms with Crippen LogP contribution in [0.15, 0.2) is 47.2 Å². The fraction of sp³-hybridized carbons (Fsp3) is 0.450. The van der Waals surface area contributed by atoms with Crippen molar-refractivity contribution >= 4 is 11.7 Å². The Morgan fingerprint density at radius 1 is 1.42 bits per heavy atom. The molecule has 24 heavy (non-hydrogen) atoms. The van der Waals surface area contributed by atoms with E-state index >= 15 is 0 Å². The molecule has 1 aromatic rings. The number of nitrogens with zero attached hydrogens (tertiary/aromatic N) is 1. The molecule has 0 radical (unpaired) electrons. The van der Waals surface area contributed by atoms with Gasteiger partial charge in [0.15, 0.2) is 0 Å². The molecular weight excluding hydrogens is 300 g/mol. The zero-order chi connectivity index (χ0) is 16.5. The van der Waals surface area contributed by atoms with Crippen molar-refractivity contribution in [2.45, 2.75) is 31.2 Å². The predicted molar refractivity (Wildman–Crippen MR) is 92.6 cm³/mol. The zero-order valence-electron chi connectivity index (χ0n) is 14.1. The molecule has 1 aromatic carbocycles. The van der Waals surface area contributed by atoms with E-state index in [0.717, 1.165) is 42.9 Å². The molecule has 4 heteroatoms. The van der Waals surface area contributed by atoms with Crippen molar-refractivity contribution in [3.63, 3.8) is 0 Å². The van der Waals surface area contributed by atoms with Crippen molar-refractivity contribution in [1.82, 2.24) is 4.90 Å². The van der Waals surface area contributed by atoms with Crippen molar-refractivity contribution in [1.29, 1.82) is 0 Å². The van der Waals surface area contributed by atoms with E-state index in [0.29, 0.717) is 6.04 Å². The minimum Gasteiger partial charge on any atom is -0.466 e. The second-order valence-corrected chi connectivity index (χ2v) is 7.31. The maximum atomic E-state index is 12.7. The maximum absolute atomic E-state index is 12.7. The first-order valence-electron chi connectivity index (χ1n) is 8.79. The Morgan fingerprint density at radius 3 is 3.04 bits per heavy atom. The monoisotopic (exact) mass is 322 g/mol. The van der Waals surface area contributed by atoms with Crippen LogP contribution in [0.5, 0.6) is 0 Å². The molecule has 1 N–H and O–H groups in total. The summed E-state index contributed by atoms with van der Waals surface area (Å²) in [5.74, 6) is 0.0135. The second kappa shape index (κ2) is 4.73. The fourth-order valence-corrected chi connectivity index (χ4v) is 5.61. The summed E-state index contributed by atoms with van der Waals surface area (Å²) in [5, 5.41) is 3.62. The van der Waals surface area contributed by atoms with E-state index in [9.17, 15) is 4.79 Å². The van der Waals surface area contributed by atoms with Crippen molar-refractivity contribution in [2.75, 3.05) is 25.5 Å². The van der Waals surface area contributed by atoms with Crippen molar-refractivity contribution in [2.24, 2.45) is 5.92 Å². The number of anilines is 1. The average Bonchev–Trinajstić information content (AvgIpc) is 3.17. The number of piperidine rings is 1. The second-order valence-electron chi connectivity index (χ2n) is 7.31. The molecule has 1 spiro atoms. The Hall–Kier alpha value is -2.07. The lowest BCUT2D eigenvalue weighted by atomic mass is 9.62. The molecule has 0 saturated carbocycles. The highest BCUT2D eigenvalue weighted by molar-refractivity contribution is 5.94. The van der Waals surface area contributed by atoms with Crippen LogP contribution in [0.4, 0.5) is 5.69 Å². The lowest BCUT2D eigenvalue weighted by molar-refractivity contribution is -0.137. The van der Waals surface area contributed by atoms with E-state index in [2.05, 4.69) is 47.5 Å². The number of carbonyl (C=O) groups is 1. The van der Waals surface area contributed by atoms with Gasteiger partial charge in [0.25, 0.3) is 0 Å². The summed E-state index contributed by atoms with van der Waals surface area (Å²) in [6, 6.07) is 9.03. The van der Waals surface area contributed by atoms with Gasteiger partial charge in [0.1, 0.15) is 0 Å². The number of hydrogen-bond donors (Lipinski definition) is 1. The smallest absolute Gasteiger partial charge is 0.336 e. The molecule has 1 aliphatic carbocycles. The fourth-order valence-electron chi connectivity index (χ4n) is 5.61. The van der Waals surface area contributed by atoms with Crippen LogP contribution in [0.25, 0.3) is 0 Å². The Morgan fingerprint density at radius 2 is 2.25 bits per heavy atom. The number of nitrogens with one attached hydrogen (secondary N) is 1. The Balaban J connectivity index is 1.82. The number of methoxy groups -OCH3 is 1. The van der Waals surface area contributed by atoms with E-state index in [4.69, 9.17) is 4.74 Å². The number of para-hydroxylation sites is 1. The number of benzene rings is 1. The average molecular weight is 322 g/mol. The van der Waals surface area contributed by atoms with Crippen LogP contribution in [-0.2, 0) is 14.9 Å². The number of esters is 1. The van der Waals surface area contributed by atoms with E-state index < -0.39 is 0 Å². The van der Waals surface area contributed by atoms with Gasteiger partial charge in [-0.15, -0.1) is 0 Å². The van der Waals surface area contributed by atoms with Crippen LogP contribution in [0.2, 0.25) is 0 Å². The number of carbonyl (C=O) groups excluding carboxylic acids is 1. The maximum Gasteiger partial charge on any atom is 0.336 e. The third-order valence-corrected chi connectivity index (χ3v) is 6.60. The summed E-state index contributed by atoms with van der Waals surface area (Å²) in [6.45, 7) is 4.15. The van der Waals surface area contributed by atoms with Gasteiger partial charge in [0, 0.05) is 36.4 Å². The molecule has 2 bridgehead atoms. The minimum atomic E-state index is -0.173. The first-order valence-corrected chi connectivity index (χ1v) is 8.79. The molecule has 3 aliphatic heterocycles. The number of ether oxygens (including phenoxy) is 1. The molecule has 4 aliphatic rings. The summed E-state index contributed by atoms with van der Waals surface area (Å²) >= 11 is 0. The molecule has 2 fully saturated rings. The molecule has 0 unspecified atom stereocenters. The number of allylic oxidation sites excluding steroid dienone is 1. The van der Waals surface area contributed by atoms with Gasteiger partial charge in [-0.25, -0.2) is 4.79 Å². The van der Waals surface area contributed by atoms with E-state index in [1.54, 1.807) is 0 Å².